The van der Waals surface area contributed by atoms with Crippen molar-refractivity contribution in [1.82, 2.24) is 19.9 Å². The molecule has 10 heteroatoms. The van der Waals surface area contributed by atoms with Crippen LogP contribution in [0.15, 0.2) is 0 Å². The van der Waals surface area contributed by atoms with E-state index in [9.17, 15) is 5.11 Å². The minimum absolute atomic E-state index is 0. The van der Waals surface area contributed by atoms with Crippen molar-refractivity contribution in [3.8, 4) is 0 Å². The van der Waals surface area contributed by atoms with Crippen LogP contribution in [0.3, 0.4) is 0 Å². The van der Waals surface area contributed by atoms with Crippen molar-refractivity contribution in [2.45, 2.75) is 32.3 Å². The summed E-state index contributed by atoms with van der Waals surface area (Å²) in [4.78, 5) is 18.0. The third-order valence-corrected chi connectivity index (χ3v) is 3.93. The lowest BCUT2D eigenvalue weighted by Gasteiger charge is -2.19. The second-order valence-electron chi connectivity index (χ2n) is 6.98. The summed E-state index contributed by atoms with van der Waals surface area (Å²) in [6, 6.07) is 0. The van der Waals surface area contributed by atoms with E-state index < -0.39 is 5.60 Å². The molecule has 1 aliphatic carbocycles. The van der Waals surface area contributed by atoms with Gasteiger partial charge in [0.1, 0.15) is 11.0 Å². The number of fused-ring (bicyclic) bond motifs is 1. The molecule has 0 saturated heterocycles. The molecule has 0 atom stereocenters. The fourth-order valence-corrected chi connectivity index (χ4v) is 2.35. The molecule has 0 unspecified atom stereocenters. The smallest absolute Gasteiger partial charge is 0.225 e. The molecule has 5 N–H and O–H groups in total. The monoisotopic (exact) mass is 382 g/mol. The van der Waals surface area contributed by atoms with Crippen molar-refractivity contribution >= 4 is 47.0 Å². The Morgan fingerprint density at radius 1 is 0.923 bits per heavy atom. The SMILES string of the molecule is CNc1nc(NCC(C)(C)O)c2nc(NC)nc(NCC3CC3)c2n1.Cl. The first-order chi connectivity index (χ1) is 11.9. The Morgan fingerprint density at radius 3 is 1.85 bits per heavy atom. The molecule has 26 heavy (non-hydrogen) atoms. The van der Waals surface area contributed by atoms with Crippen LogP contribution < -0.4 is 21.3 Å². The Labute approximate surface area is 159 Å². The van der Waals surface area contributed by atoms with Crippen LogP contribution in [0.4, 0.5) is 23.5 Å². The zero-order chi connectivity index (χ0) is 18.0. The number of anilines is 4. The number of hydrogen-bond donors (Lipinski definition) is 5. The summed E-state index contributed by atoms with van der Waals surface area (Å²) in [5.74, 6) is 2.93. The summed E-state index contributed by atoms with van der Waals surface area (Å²) in [5, 5.41) is 22.5. The van der Waals surface area contributed by atoms with Crippen molar-refractivity contribution in [1.29, 1.82) is 0 Å². The predicted molar refractivity (Wildman–Crippen MR) is 107 cm³/mol. The van der Waals surface area contributed by atoms with Crippen LogP contribution in [0.5, 0.6) is 0 Å². The van der Waals surface area contributed by atoms with Gasteiger partial charge in [-0.05, 0) is 32.6 Å². The van der Waals surface area contributed by atoms with E-state index in [2.05, 4.69) is 41.2 Å². The molecule has 144 valence electrons. The standard InChI is InChI=1S/C16H26N8O.ClH/c1-16(2,25)8-20-13-11-10(21-15(18-4)24-13)12(19-7-9-5-6-9)23-14(17-3)22-11;/h9,25H,5-8H2,1-4H3,(H2,17,19,22,23)(H2,18,20,21,24);1H. The van der Waals surface area contributed by atoms with Crippen LogP contribution in [0.1, 0.15) is 26.7 Å². The summed E-state index contributed by atoms with van der Waals surface area (Å²) in [5.41, 5.74) is 0.390. The molecular formula is C16H27ClN8O. The van der Waals surface area contributed by atoms with Crippen molar-refractivity contribution in [2.75, 3.05) is 48.5 Å². The minimum atomic E-state index is -0.872. The third kappa shape index (κ3) is 4.95. The summed E-state index contributed by atoms with van der Waals surface area (Å²) < 4.78 is 0. The van der Waals surface area contributed by atoms with Gasteiger partial charge >= 0.3 is 0 Å². The van der Waals surface area contributed by atoms with Crippen LogP contribution in [-0.2, 0) is 0 Å². The van der Waals surface area contributed by atoms with E-state index in [1.807, 2.05) is 0 Å². The molecule has 2 aromatic rings. The molecule has 1 fully saturated rings. The predicted octanol–water partition coefficient (Wildman–Crippen LogP) is 1.93. The quantitative estimate of drug-likeness (QED) is 0.466. The highest BCUT2D eigenvalue weighted by Gasteiger charge is 2.23. The minimum Gasteiger partial charge on any atom is -0.389 e. The number of hydrogen-bond acceptors (Lipinski definition) is 9. The van der Waals surface area contributed by atoms with Crippen molar-refractivity contribution in [2.24, 2.45) is 5.92 Å². The van der Waals surface area contributed by atoms with Gasteiger partial charge in [0, 0.05) is 27.2 Å². The van der Waals surface area contributed by atoms with Crippen LogP contribution in [0.25, 0.3) is 11.0 Å². The van der Waals surface area contributed by atoms with Crippen LogP contribution in [-0.4, -0.2) is 57.8 Å². The van der Waals surface area contributed by atoms with Gasteiger partial charge in [-0.25, -0.2) is 9.97 Å². The summed E-state index contributed by atoms with van der Waals surface area (Å²) in [7, 11) is 3.54. The fourth-order valence-electron chi connectivity index (χ4n) is 2.35. The number of rotatable bonds is 8. The zero-order valence-corrected chi connectivity index (χ0v) is 16.4. The van der Waals surface area contributed by atoms with E-state index in [0.717, 1.165) is 6.54 Å². The van der Waals surface area contributed by atoms with Crippen LogP contribution >= 0.6 is 12.4 Å². The highest BCUT2D eigenvalue weighted by molar-refractivity contribution is 5.94. The fraction of sp³-hybridized carbons (Fsp3) is 0.625. The molecule has 0 aromatic carbocycles. The van der Waals surface area contributed by atoms with E-state index in [-0.39, 0.29) is 12.4 Å². The van der Waals surface area contributed by atoms with E-state index in [1.54, 1.807) is 27.9 Å². The molecule has 0 aliphatic heterocycles. The molecule has 1 saturated carbocycles. The third-order valence-electron chi connectivity index (χ3n) is 3.93. The molecule has 0 amide bonds. The van der Waals surface area contributed by atoms with E-state index in [1.165, 1.54) is 12.8 Å². The second-order valence-corrected chi connectivity index (χ2v) is 6.98. The van der Waals surface area contributed by atoms with Gasteiger partial charge < -0.3 is 26.4 Å². The Balaban J connectivity index is 0.00000243. The Kier molecular flexibility index (Phi) is 6.25. The summed E-state index contributed by atoms with van der Waals surface area (Å²) >= 11 is 0. The molecule has 1 aliphatic rings. The van der Waals surface area contributed by atoms with E-state index in [0.29, 0.717) is 47.0 Å². The average molecular weight is 383 g/mol. The number of nitrogens with zero attached hydrogens (tertiary/aromatic N) is 4. The molecule has 0 bridgehead atoms. The maximum absolute atomic E-state index is 10.0. The lowest BCUT2D eigenvalue weighted by atomic mass is 10.1. The number of nitrogens with one attached hydrogen (secondary N) is 4. The second kappa shape index (κ2) is 8.05. The molecule has 3 rings (SSSR count). The Bertz CT molecular complexity index is 760. The van der Waals surface area contributed by atoms with Gasteiger partial charge in [0.15, 0.2) is 11.6 Å². The van der Waals surface area contributed by atoms with Gasteiger partial charge in [-0.15, -0.1) is 12.4 Å². The normalized spacial score (nSPS) is 13.9. The first-order valence-electron chi connectivity index (χ1n) is 8.55. The Morgan fingerprint density at radius 2 is 1.42 bits per heavy atom. The number of halogens is 1. The van der Waals surface area contributed by atoms with Gasteiger partial charge in [0.2, 0.25) is 11.9 Å². The molecule has 2 heterocycles. The van der Waals surface area contributed by atoms with Gasteiger partial charge in [-0.3, -0.25) is 0 Å². The van der Waals surface area contributed by atoms with Gasteiger partial charge in [0.05, 0.1) is 5.60 Å². The molecule has 2 aromatic heterocycles. The maximum atomic E-state index is 10.0. The van der Waals surface area contributed by atoms with Gasteiger partial charge in [-0.2, -0.15) is 9.97 Å². The lowest BCUT2D eigenvalue weighted by molar-refractivity contribution is 0.0944. The van der Waals surface area contributed by atoms with Gasteiger partial charge in [-0.1, -0.05) is 0 Å². The zero-order valence-electron chi connectivity index (χ0n) is 15.6. The van der Waals surface area contributed by atoms with Crippen molar-refractivity contribution in [3.63, 3.8) is 0 Å². The van der Waals surface area contributed by atoms with Crippen molar-refractivity contribution in [3.05, 3.63) is 0 Å². The number of aromatic nitrogens is 4. The topological polar surface area (TPSA) is 120 Å². The maximum Gasteiger partial charge on any atom is 0.225 e. The van der Waals surface area contributed by atoms with E-state index in [4.69, 9.17) is 0 Å². The van der Waals surface area contributed by atoms with E-state index >= 15 is 0 Å². The first kappa shape index (κ1) is 20.2. The Hall–Kier alpha value is -2.13. The lowest BCUT2D eigenvalue weighted by Crippen LogP contribution is -2.29. The molecule has 0 spiro atoms. The summed E-state index contributed by atoms with van der Waals surface area (Å²) in [6.07, 6.45) is 2.51. The van der Waals surface area contributed by atoms with Gasteiger partial charge in [0.25, 0.3) is 0 Å². The average Bonchev–Trinajstić information content (AvgIpc) is 3.40. The highest BCUT2D eigenvalue weighted by atomic mass is 35.5. The summed E-state index contributed by atoms with van der Waals surface area (Å²) in [6.45, 7) is 4.69. The van der Waals surface area contributed by atoms with Crippen LogP contribution in [0, 0.1) is 5.92 Å². The molecule has 9 nitrogen and oxygen atoms in total. The van der Waals surface area contributed by atoms with Crippen LogP contribution in [0.2, 0.25) is 0 Å². The molecule has 0 radical (unpaired) electrons. The first-order valence-corrected chi connectivity index (χ1v) is 8.55. The van der Waals surface area contributed by atoms with Crippen molar-refractivity contribution < 1.29 is 5.11 Å². The molecular weight excluding hydrogens is 356 g/mol. The highest BCUT2D eigenvalue weighted by Crippen LogP contribution is 2.31. The number of aliphatic hydroxyl groups is 1. The largest absolute Gasteiger partial charge is 0.389 e.